The molecule has 0 aliphatic carbocycles. The Balaban J connectivity index is 2.11. The lowest BCUT2D eigenvalue weighted by atomic mass is 10.0. The number of thioether (sulfide) groups is 1. The fourth-order valence-corrected chi connectivity index (χ4v) is 3.15. The average molecular weight is 310 g/mol. The zero-order chi connectivity index (χ0) is 15.5. The summed E-state index contributed by atoms with van der Waals surface area (Å²) in [4.78, 5) is 12.4. The van der Waals surface area contributed by atoms with E-state index in [-0.39, 0.29) is 17.4 Å². The van der Waals surface area contributed by atoms with Crippen LogP contribution in [0.3, 0.4) is 0 Å². The molecule has 0 bridgehead atoms. The number of ether oxygens (including phenoxy) is 2. The molecule has 0 aromatic heterocycles. The van der Waals surface area contributed by atoms with Crippen LogP contribution < -0.4 is 20.5 Å². The van der Waals surface area contributed by atoms with E-state index in [1.807, 2.05) is 0 Å². The maximum atomic E-state index is 12.4. The van der Waals surface area contributed by atoms with Gasteiger partial charge in [-0.15, -0.1) is 0 Å². The number of amides is 1. The molecule has 1 heterocycles. The minimum Gasteiger partial charge on any atom is -0.454 e. The van der Waals surface area contributed by atoms with Gasteiger partial charge in [-0.2, -0.15) is 11.8 Å². The van der Waals surface area contributed by atoms with E-state index in [1.165, 1.54) is 0 Å². The quantitative estimate of drug-likeness (QED) is 0.790. The van der Waals surface area contributed by atoms with Gasteiger partial charge in [0, 0.05) is 23.0 Å². The van der Waals surface area contributed by atoms with E-state index in [1.54, 1.807) is 23.9 Å². The summed E-state index contributed by atoms with van der Waals surface area (Å²) in [6.45, 7) is 5.07. The molecule has 116 valence electrons. The standard InChI is InChI=1S/C15H22N2O3S/c1-4-15(5-2,21-3)8-17-14(18)10-6-12-13(7-11(10)16)20-9-19-12/h6-7H,4-5,8-9,16H2,1-3H3,(H,17,18). The van der Waals surface area contributed by atoms with Crippen molar-refractivity contribution in [2.24, 2.45) is 0 Å². The van der Waals surface area contributed by atoms with Gasteiger partial charge in [-0.25, -0.2) is 0 Å². The third-order valence-electron chi connectivity index (χ3n) is 4.08. The summed E-state index contributed by atoms with van der Waals surface area (Å²) in [6.07, 6.45) is 4.08. The first-order valence-corrected chi connectivity index (χ1v) is 8.30. The molecule has 1 aliphatic heterocycles. The number of carbonyl (C=O) groups is 1. The summed E-state index contributed by atoms with van der Waals surface area (Å²) in [5.41, 5.74) is 6.76. The molecule has 0 atom stereocenters. The van der Waals surface area contributed by atoms with E-state index in [0.717, 1.165) is 12.8 Å². The molecule has 1 aliphatic rings. The Morgan fingerprint density at radius 3 is 2.52 bits per heavy atom. The van der Waals surface area contributed by atoms with E-state index >= 15 is 0 Å². The van der Waals surface area contributed by atoms with Crippen LogP contribution >= 0.6 is 11.8 Å². The van der Waals surface area contributed by atoms with Crippen LogP contribution in [0.5, 0.6) is 11.5 Å². The van der Waals surface area contributed by atoms with Crippen LogP contribution in [-0.4, -0.2) is 30.2 Å². The molecule has 0 saturated carbocycles. The first-order valence-electron chi connectivity index (χ1n) is 7.07. The Labute approximate surface area is 129 Å². The summed E-state index contributed by atoms with van der Waals surface area (Å²) in [5, 5.41) is 2.99. The Morgan fingerprint density at radius 1 is 1.33 bits per heavy atom. The summed E-state index contributed by atoms with van der Waals surface area (Å²) in [5.74, 6) is 0.979. The smallest absolute Gasteiger partial charge is 0.253 e. The number of hydrogen-bond acceptors (Lipinski definition) is 5. The number of nitrogen functional groups attached to an aromatic ring is 1. The van der Waals surface area contributed by atoms with Crippen molar-refractivity contribution in [1.82, 2.24) is 5.32 Å². The molecule has 1 aromatic rings. The number of hydrogen-bond donors (Lipinski definition) is 2. The van der Waals surface area contributed by atoms with Crippen LogP contribution in [-0.2, 0) is 0 Å². The van der Waals surface area contributed by atoms with Gasteiger partial charge in [0.05, 0.1) is 5.56 Å². The zero-order valence-corrected chi connectivity index (χ0v) is 13.5. The fourth-order valence-electron chi connectivity index (χ4n) is 2.35. The van der Waals surface area contributed by atoms with Gasteiger partial charge in [0.2, 0.25) is 6.79 Å². The lowest BCUT2D eigenvalue weighted by Gasteiger charge is -2.29. The van der Waals surface area contributed by atoms with Crippen molar-refractivity contribution in [2.45, 2.75) is 31.4 Å². The molecule has 0 unspecified atom stereocenters. The van der Waals surface area contributed by atoms with E-state index < -0.39 is 0 Å². The zero-order valence-electron chi connectivity index (χ0n) is 12.7. The largest absolute Gasteiger partial charge is 0.454 e. The van der Waals surface area contributed by atoms with Gasteiger partial charge in [-0.1, -0.05) is 13.8 Å². The second kappa shape index (κ2) is 6.47. The monoisotopic (exact) mass is 310 g/mol. The van der Waals surface area contributed by atoms with E-state index in [9.17, 15) is 4.79 Å². The molecule has 6 heteroatoms. The molecule has 5 nitrogen and oxygen atoms in total. The van der Waals surface area contributed by atoms with Crippen LogP contribution in [0.25, 0.3) is 0 Å². The molecule has 0 saturated heterocycles. The summed E-state index contributed by atoms with van der Waals surface area (Å²) in [6, 6.07) is 3.28. The Morgan fingerprint density at radius 2 is 1.95 bits per heavy atom. The highest BCUT2D eigenvalue weighted by Crippen LogP contribution is 2.36. The average Bonchev–Trinajstić information content (AvgIpc) is 2.95. The van der Waals surface area contributed by atoms with Crippen molar-refractivity contribution >= 4 is 23.4 Å². The maximum absolute atomic E-state index is 12.4. The number of nitrogens with one attached hydrogen (secondary N) is 1. The van der Waals surface area contributed by atoms with Crippen LogP contribution in [0, 0.1) is 0 Å². The number of rotatable bonds is 6. The highest BCUT2D eigenvalue weighted by Gasteiger charge is 2.26. The summed E-state index contributed by atoms with van der Waals surface area (Å²) < 4.78 is 10.6. The third kappa shape index (κ3) is 3.20. The lowest BCUT2D eigenvalue weighted by Crippen LogP contribution is -2.39. The van der Waals surface area contributed by atoms with Crippen LogP contribution in [0.4, 0.5) is 5.69 Å². The van der Waals surface area contributed by atoms with Crippen molar-refractivity contribution < 1.29 is 14.3 Å². The number of anilines is 1. The van der Waals surface area contributed by atoms with Crippen molar-refractivity contribution in [2.75, 3.05) is 25.3 Å². The molecule has 1 amide bonds. The predicted molar refractivity (Wildman–Crippen MR) is 86.1 cm³/mol. The predicted octanol–water partition coefficient (Wildman–Crippen LogP) is 2.65. The van der Waals surface area contributed by atoms with Crippen molar-refractivity contribution in [3.05, 3.63) is 17.7 Å². The van der Waals surface area contributed by atoms with Gasteiger partial charge in [-0.05, 0) is 25.2 Å². The van der Waals surface area contributed by atoms with E-state index in [4.69, 9.17) is 15.2 Å². The first kappa shape index (κ1) is 15.8. The normalized spacial score (nSPS) is 13.3. The topological polar surface area (TPSA) is 73.6 Å². The number of carbonyl (C=O) groups excluding carboxylic acids is 1. The molecule has 1 aromatic carbocycles. The van der Waals surface area contributed by atoms with Crippen molar-refractivity contribution in [3.63, 3.8) is 0 Å². The summed E-state index contributed by atoms with van der Waals surface area (Å²) >= 11 is 1.79. The van der Waals surface area contributed by atoms with Crippen LogP contribution in [0.2, 0.25) is 0 Å². The van der Waals surface area contributed by atoms with Gasteiger partial charge in [0.25, 0.3) is 5.91 Å². The highest BCUT2D eigenvalue weighted by atomic mass is 32.2. The number of fused-ring (bicyclic) bond motifs is 1. The second-order valence-corrected chi connectivity index (χ2v) is 6.34. The van der Waals surface area contributed by atoms with Gasteiger partial charge in [0.15, 0.2) is 11.5 Å². The molecule has 0 fully saturated rings. The first-order chi connectivity index (χ1) is 10.0. The van der Waals surface area contributed by atoms with Crippen molar-refractivity contribution in [3.8, 4) is 11.5 Å². The Hall–Kier alpha value is -1.56. The summed E-state index contributed by atoms with van der Waals surface area (Å²) in [7, 11) is 0. The molecular weight excluding hydrogens is 288 g/mol. The fraction of sp³-hybridized carbons (Fsp3) is 0.533. The van der Waals surface area contributed by atoms with Gasteiger partial charge >= 0.3 is 0 Å². The molecule has 0 radical (unpaired) electrons. The van der Waals surface area contributed by atoms with Crippen LogP contribution in [0.15, 0.2) is 12.1 Å². The molecule has 2 rings (SSSR count). The minimum atomic E-state index is -0.175. The lowest BCUT2D eigenvalue weighted by molar-refractivity contribution is 0.0949. The molecule has 21 heavy (non-hydrogen) atoms. The molecule has 3 N–H and O–H groups in total. The van der Waals surface area contributed by atoms with Gasteiger partial charge in [0.1, 0.15) is 0 Å². The number of nitrogens with two attached hydrogens (primary N) is 1. The number of benzene rings is 1. The van der Waals surface area contributed by atoms with Crippen LogP contribution in [0.1, 0.15) is 37.0 Å². The Bertz CT molecular complexity index is 522. The van der Waals surface area contributed by atoms with Gasteiger partial charge < -0.3 is 20.5 Å². The van der Waals surface area contributed by atoms with E-state index in [2.05, 4.69) is 25.4 Å². The third-order valence-corrected chi connectivity index (χ3v) is 5.67. The molecule has 0 spiro atoms. The highest BCUT2D eigenvalue weighted by molar-refractivity contribution is 8.00. The minimum absolute atomic E-state index is 0.0702. The van der Waals surface area contributed by atoms with E-state index in [0.29, 0.717) is 29.3 Å². The Kier molecular flexibility index (Phi) is 4.88. The SMILES string of the molecule is CCC(CC)(CNC(=O)c1cc2c(cc1N)OCO2)SC. The van der Waals surface area contributed by atoms with Gasteiger partial charge in [-0.3, -0.25) is 4.79 Å². The maximum Gasteiger partial charge on any atom is 0.253 e. The molecular formula is C15H22N2O3S. The van der Waals surface area contributed by atoms with Crippen molar-refractivity contribution in [1.29, 1.82) is 0 Å². The second-order valence-electron chi connectivity index (χ2n) is 5.07.